The van der Waals surface area contributed by atoms with Crippen molar-refractivity contribution >= 4 is 23.3 Å². The van der Waals surface area contributed by atoms with Gasteiger partial charge in [-0.1, -0.05) is 41.9 Å². The number of ether oxygens (including phenoxy) is 1. The first-order valence-electron chi connectivity index (χ1n) is 7.20. The largest absolute Gasteiger partial charge is 0.506 e. The summed E-state index contributed by atoms with van der Waals surface area (Å²) >= 11 is 5.83. The van der Waals surface area contributed by atoms with Crippen LogP contribution in [0, 0.1) is 0 Å². The highest BCUT2D eigenvalue weighted by Crippen LogP contribution is 2.50. The van der Waals surface area contributed by atoms with Gasteiger partial charge < -0.3 is 20.1 Å². The number of phenolic OH excluding ortho intramolecular Hbond substituents is 2. The van der Waals surface area contributed by atoms with E-state index in [0.29, 0.717) is 5.56 Å². The van der Waals surface area contributed by atoms with E-state index in [-0.39, 0.29) is 22.1 Å². The highest BCUT2D eigenvalue weighted by molar-refractivity contribution is 6.33. The Morgan fingerprint density at radius 3 is 2.60 bits per heavy atom. The highest BCUT2D eigenvalue weighted by Gasteiger charge is 2.42. The normalized spacial score (nSPS) is 18.8. The molecule has 0 aliphatic carbocycles. The van der Waals surface area contributed by atoms with E-state index in [1.54, 1.807) is 30.3 Å². The Hall–Kier alpha value is -2.74. The number of carbonyl (C=O) groups is 1. The van der Waals surface area contributed by atoms with Crippen molar-refractivity contribution in [2.45, 2.75) is 12.7 Å². The Balaban J connectivity index is 2.17. The van der Waals surface area contributed by atoms with Gasteiger partial charge in [-0.05, 0) is 0 Å². The summed E-state index contributed by atoms with van der Waals surface area (Å²) in [6.45, 7) is 1.19. The van der Waals surface area contributed by atoms with E-state index in [2.05, 4.69) is 0 Å². The van der Waals surface area contributed by atoms with Crippen molar-refractivity contribution < 1.29 is 29.7 Å². The first-order chi connectivity index (χ1) is 11.8. The lowest BCUT2D eigenvalue weighted by Gasteiger charge is -2.32. The van der Waals surface area contributed by atoms with Crippen molar-refractivity contribution in [2.75, 3.05) is 0 Å². The molecular weight excluding hydrogens is 350 g/mol. The Bertz CT molecular complexity index is 867. The molecule has 1 heterocycles. The van der Waals surface area contributed by atoms with E-state index in [1.807, 2.05) is 5.48 Å². The minimum Gasteiger partial charge on any atom is -0.506 e. The van der Waals surface area contributed by atoms with Crippen LogP contribution in [0.15, 0.2) is 42.5 Å². The maximum Gasteiger partial charge on any atom is 0.248 e. The molecule has 7 nitrogen and oxygen atoms in total. The van der Waals surface area contributed by atoms with Crippen LogP contribution in [0.4, 0.5) is 0 Å². The lowest BCUT2D eigenvalue weighted by molar-refractivity contribution is -0.218. The molecule has 0 bridgehead atoms. The van der Waals surface area contributed by atoms with Gasteiger partial charge in [-0.3, -0.25) is 4.79 Å². The van der Waals surface area contributed by atoms with E-state index >= 15 is 0 Å². The predicted molar refractivity (Wildman–Crippen MR) is 88.6 cm³/mol. The van der Waals surface area contributed by atoms with Gasteiger partial charge in [0.25, 0.3) is 0 Å². The maximum atomic E-state index is 11.2. The van der Waals surface area contributed by atoms with Crippen LogP contribution in [-0.2, 0) is 15.4 Å². The smallest absolute Gasteiger partial charge is 0.248 e. The second-order valence-corrected chi connectivity index (χ2v) is 5.74. The van der Waals surface area contributed by atoms with E-state index < -0.39 is 23.2 Å². The van der Waals surface area contributed by atoms with Crippen molar-refractivity contribution in [1.29, 1.82) is 0 Å². The van der Waals surface area contributed by atoms with Gasteiger partial charge >= 0.3 is 0 Å². The van der Waals surface area contributed by atoms with Crippen molar-refractivity contribution in [3.05, 3.63) is 58.6 Å². The third-order valence-corrected chi connectivity index (χ3v) is 3.87. The van der Waals surface area contributed by atoms with Gasteiger partial charge in [-0.25, -0.2) is 10.3 Å². The number of hydrogen-bond acceptors (Lipinski definition) is 6. The number of carbonyl (C=O) groups excluding carboxylic acids is 1. The molecule has 1 amide bonds. The molecule has 1 unspecified atom stereocenters. The standard InChI is InChI=1S/C17H14ClNO6/c1-9(20)19-25-17(23)8-13(10-5-3-2-4-6-10)24-12-7-11(21)15(18)16(22)14(12)17/h2-8,21-23H,1H3,(H,19,20). The van der Waals surface area contributed by atoms with Crippen molar-refractivity contribution in [1.82, 2.24) is 5.48 Å². The fourth-order valence-corrected chi connectivity index (χ4v) is 2.56. The molecule has 0 radical (unpaired) electrons. The molecule has 0 fully saturated rings. The van der Waals surface area contributed by atoms with E-state index in [0.717, 1.165) is 6.07 Å². The van der Waals surface area contributed by atoms with Crippen molar-refractivity contribution in [3.63, 3.8) is 0 Å². The number of hydroxylamine groups is 1. The Morgan fingerprint density at radius 2 is 1.96 bits per heavy atom. The summed E-state index contributed by atoms with van der Waals surface area (Å²) in [6.07, 6.45) is 1.17. The minimum absolute atomic E-state index is 0.0754. The number of halogens is 1. The summed E-state index contributed by atoms with van der Waals surface area (Å²) < 4.78 is 5.67. The number of benzene rings is 2. The number of rotatable bonds is 3. The number of hydrogen-bond donors (Lipinski definition) is 4. The lowest BCUT2D eigenvalue weighted by atomic mass is 9.98. The molecule has 0 saturated carbocycles. The average molecular weight is 364 g/mol. The average Bonchev–Trinajstić information content (AvgIpc) is 2.58. The molecule has 25 heavy (non-hydrogen) atoms. The lowest BCUT2D eigenvalue weighted by Crippen LogP contribution is -2.38. The Labute approximate surface area is 147 Å². The van der Waals surface area contributed by atoms with Crippen LogP contribution in [0.25, 0.3) is 5.76 Å². The molecule has 2 aromatic rings. The van der Waals surface area contributed by atoms with Gasteiger partial charge in [0.2, 0.25) is 11.7 Å². The minimum atomic E-state index is -2.27. The van der Waals surface area contributed by atoms with E-state index in [4.69, 9.17) is 21.2 Å². The zero-order valence-corrected chi connectivity index (χ0v) is 13.7. The summed E-state index contributed by atoms with van der Waals surface area (Å²) in [5.74, 6) is -3.79. The van der Waals surface area contributed by atoms with Gasteiger partial charge in [0, 0.05) is 24.6 Å². The molecule has 130 valence electrons. The Kier molecular flexibility index (Phi) is 4.30. The van der Waals surface area contributed by atoms with E-state index in [1.165, 1.54) is 13.0 Å². The summed E-state index contributed by atoms with van der Waals surface area (Å²) in [6, 6.07) is 9.92. The maximum absolute atomic E-state index is 11.2. The SMILES string of the molecule is CC(=O)NOC1(O)C=C(c2ccccc2)Oc2cc(O)c(Cl)c(O)c21. The fourth-order valence-electron chi connectivity index (χ4n) is 2.41. The molecule has 0 saturated heterocycles. The quantitative estimate of drug-likeness (QED) is 0.492. The number of fused-ring (bicyclic) bond motifs is 1. The highest BCUT2D eigenvalue weighted by atomic mass is 35.5. The second kappa shape index (κ2) is 6.29. The van der Waals surface area contributed by atoms with Gasteiger partial charge in [0.15, 0.2) is 5.75 Å². The van der Waals surface area contributed by atoms with Gasteiger partial charge in [-0.15, -0.1) is 0 Å². The number of nitrogens with one attached hydrogen (secondary N) is 1. The molecule has 8 heteroatoms. The molecule has 0 spiro atoms. The molecule has 0 aromatic heterocycles. The van der Waals surface area contributed by atoms with Crippen LogP contribution in [0.1, 0.15) is 18.1 Å². The monoisotopic (exact) mass is 363 g/mol. The fraction of sp³-hybridized carbons (Fsp3) is 0.118. The first-order valence-corrected chi connectivity index (χ1v) is 7.57. The van der Waals surface area contributed by atoms with Gasteiger partial charge in [0.1, 0.15) is 27.8 Å². The number of aromatic hydroxyl groups is 2. The number of aliphatic hydroxyl groups is 1. The molecule has 4 N–H and O–H groups in total. The van der Waals surface area contributed by atoms with Crippen LogP contribution >= 0.6 is 11.6 Å². The predicted octanol–water partition coefficient (Wildman–Crippen LogP) is 2.40. The molecule has 3 rings (SSSR count). The summed E-state index contributed by atoms with van der Waals surface area (Å²) in [4.78, 5) is 16.3. The molecule has 1 aliphatic heterocycles. The molecular formula is C17H14ClNO6. The van der Waals surface area contributed by atoms with Gasteiger partial charge in [0.05, 0.1) is 0 Å². The topological polar surface area (TPSA) is 108 Å². The van der Waals surface area contributed by atoms with E-state index in [9.17, 15) is 20.1 Å². The van der Waals surface area contributed by atoms with Crippen molar-refractivity contribution in [3.8, 4) is 17.2 Å². The van der Waals surface area contributed by atoms with Crippen LogP contribution in [0.3, 0.4) is 0 Å². The molecule has 2 aromatic carbocycles. The first kappa shape index (κ1) is 17.1. The van der Waals surface area contributed by atoms with Gasteiger partial charge in [-0.2, -0.15) is 0 Å². The molecule has 1 aliphatic rings. The zero-order valence-electron chi connectivity index (χ0n) is 13.0. The second-order valence-electron chi connectivity index (χ2n) is 5.36. The number of amides is 1. The van der Waals surface area contributed by atoms with Crippen LogP contribution in [0.5, 0.6) is 17.2 Å². The third-order valence-electron chi connectivity index (χ3n) is 3.50. The van der Waals surface area contributed by atoms with Crippen LogP contribution < -0.4 is 10.2 Å². The van der Waals surface area contributed by atoms with Crippen LogP contribution in [0.2, 0.25) is 5.02 Å². The Morgan fingerprint density at radius 1 is 1.28 bits per heavy atom. The molecule has 1 atom stereocenters. The summed E-state index contributed by atoms with van der Waals surface area (Å²) in [5.41, 5.74) is 2.38. The number of phenols is 2. The van der Waals surface area contributed by atoms with Crippen molar-refractivity contribution in [2.24, 2.45) is 0 Å². The zero-order chi connectivity index (χ0) is 18.2. The summed E-state index contributed by atoms with van der Waals surface area (Å²) in [5, 5.41) is 30.6. The van der Waals surface area contributed by atoms with Crippen LogP contribution in [-0.4, -0.2) is 21.2 Å². The third kappa shape index (κ3) is 3.12. The summed E-state index contributed by atoms with van der Waals surface area (Å²) in [7, 11) is 0.